The summed E-state index contributed by atoms with van der Waals surface area (Å²) in [6, 6.07) is 20.6. The maximum absolute atomic E-state index is 12.7. The van der Waals surface area contributed by atoms with Crippen LogP contribution < -0.4 is 14.8 Å². The zero-order valence-electron chi connectivity index (χ0n) is 16.9. The highest BCUT2D eigenvalue weighted by Crippen LogP contribution is 2.18. The van der Waals surface area contributed by atoms with Gasteiger partial charge in [0.15, 0.2) is 0 Å². The van der Waals surface area contributed by atoms with E-state index in [1.807, 2.05) is 44.2 Å². The molecule has 156 valence electrons. The number of amides is 1. The van der Waals surface area contributed by atoms with E-state index in [2.05, 4.69) is 10.0 Å². The van der Waals surface area contributed by atoms with Gasteiger partial charge in [-0.2, -0.15) is 0 Å². The smallest absolute Gasteiger partial charge is 0.261 e. The van der Waals surface area contributed by atoms with Gasteiger partial charge in [0.2, 0.25) is 0 Å². The molecule has 7 heteroatoms. The summed E-state index contributed by atoms with van der Waals surface area (Å²) in [7, 11) is -3.81. The second-order valence-electron chi connectivity index (χ2n) is 6.92. The lowest BCUT2D eigenvalue weighted by atomic mass is 10.2. The highest BCUT2D eigenvalue weighted by Gasteiger charge is 2.16. The van der Waals surface area contributed by atoms with Crippen molar-refractivity contribution in [2.45, 2.75) is 18.7 Å². The van der Waals surface area contributed by atoms with E-state index in [9.17, 15) is 13.2 Å². The molecule has 0 fully saturated rings. The lowest BCUT2D eigenvalue weighted by molar-refractivity contribution is 0.0946. The number of sulfonamides is 1. The Hall–Kier alpha value is -3.32. The zero-order chi connectivity index (χ0) is 21.6. The Morgan fingerprint density at radius 3 is 2.33 bits per heavy atom. The molecule has 30 heavy (non-hydrogen) atoms. The molecule has 3 aromatic carbocycles. The van der Waals surface area contributed by atoms with Crippen LogP contribution in [-0.2, 0) is 10.0 Å². The van der Waals surface area contributed by atoms with E-state index < -0.39 is 10.0 Å². The number of benzene rings is 3. The third-order valence-electron chi connectivity index (χ3n) is 4.32. The Balaban J connectivity index is 1.60. The van der Waals surface area contributed by atoms with Crippen LogP contribution in [0.15, 0.2) is 77.7 Å². The molecule has 0 saturated carbocycles. The van der Waals surface area contributed by atoms with Crippen LogP contribution in [0, 0.1) is 13.8 Å². The SMILES string of the molecule is Cc1cccc(NS(=O)(=O)c2cccc(C(=O)NCCOc3cccc(C)c3)c2)c1. The maximum Gasteiger partial charge on any atom is 0.261 e. The number of hydrogen-bond donors (Lipinski definition) is 2. The topological polar surface area (TPSA) is 84.5 Å². The predicted octanol–water partition coefficient (Wildman–Crippen LogP) is 3.91. The molecule has 0 aromatic heterocycles. The molecule has 0 aliphatic rings. The number of anilines is 1. The average molecular weight is 425 g/mol. The molecule has 2 N–H and O–H groups in total. The summed E-state index contributed by atoms with van der Waals surface area (Å²) in [5.74, 6) is 0.370. The minimum atomic E-state index is -3.81. The van der Waals surface area contributed by atoms with Gasteiger partial charge >= 0.3 is 0 Å². The van der Waals surface area contributed by atoms with Gasteiger partial charge in [0.25, 0.3) is 15.9 Å². The van der Waals surface area contributed by atoms with Gasteiger partial charge in [0, 0.05) is 11.3 Å². The number of nitrogens with one attached hydrogen (secondary N) is 2. The van der Waals surface area contributed by atoms with Crippen molar-refractivity contribution >= 4 is 21.6 Å². The van der Waals surface area contributed by atoms with Crippen molar-refractivity contribution in [2.75, 3.05) is 17.9 Å². The molecular weight excluding hydrogens is 400 g/mol. The average Bonchev–Trinajstić information content (AvgIpc) is 2.71. The molecule has 6 nitrogen and oxygen atoms in total. The van der Waals surface area contributed by atoms with Crippen molar-refractivity contribution in [1.29, 1.82) is 0 Å². The maximum atomic E-state index is 12.7. The van der Waals surface area contributed by atoms with Gasteiger partial charge in [0.1, 0.15) is 12.4 Å². The van der Waals surface area contributed by atoms with E-state index in [0.717, 1.165) is 16.9 Å². The van der Waals surface area contributed by atoms with Crippen molar-refractivity contribution in [1.82, 2.24) is 5.32 Å². The fourth-order valence-electron chi connectivity index (χ4n) is 2.87. The molecule has 0 spiro atoms. The number of aryl methyl sites for hydroxylation is 2. The molecule has 0 aliphatic heterocycles. The lowest BCUT2D eigenvalue weighted by Crippen LogP contribution is -2.28. The van der Waals surface area contributed by atoms with Gasteiger partial charge in [-0.05, 0) is 67.4 Å². The number of hydrogen-bond acceptors (Lipinski definition) is 4. The monoisotopic (exact) mass is 424 g/mol. The highest BCUT2D eigenvalue weighted by molar-refractivity contribution is 7.92. The van der Waals surface area contributed by atoms with Crippen molar-refractivity contribution in [3.63, 3.8) is 0 Å². The molecular formula is C23H24N2O4S. The number of carbonyl (C=O) groups is 1. The van der Waals surface area contributed by atoms with Crippen LogP contribution in [0.2, 0.25) is 0 Å². The number of carbonyl (C=O) groups excluding carboxylic acids is 1. The molecule has 0 aliphatic carbocycles. The Labute approximate surface area is 177 Å². The van der Waals surface area contributed by atoms with Gasteiger partial charge < -0.3 is 10.1 Å². The molecule has 0 heterocycles. The van der Waals surface area contributed by atoms with Crippen molar-refractivity contribution in [2.24, 2.45) is 0 Å². The van der Waals surface area contributed by atoms with Crippen LogP contribution in [0.25, 0.3) is 0 Å². The van der Waals surface area contributed by atoms with E-state index in [4.69, 9.17) is 4.74 Å². The molecule has 0 atom stereocenters. The molecule has 1 amide bonds. The quantitative estimate of drug-likeness (QED) is 0.537. The minimum absolute atomic E-state index is 0.0210. The van der Waals surface area contributed by atoms with Gasteiger partial charge in [0.05, 0.1) is 11.4 Å². The summed E-state index contributed by atoms with van der Waals surface area (Å²) in [5, 5.41) is 2.74. The third-order valence-corrected chi connectivity index (χ3v) is 5.70. The van der Waals surface area contributed by atoms with Crippen molar-refractivity contribution in [3.05, 3.63) is 89.5 Å². The van der Waals surface area contributed by atoms with Crippen LogP contribution in [0.4, 0.5) is 5.69 Å². The summed E-state index contributed by atoms with van der Waals surface area (Å²) < 4.78 is 33.5. The van der Waals surface area contributed by atoms with Crippen LogP contribution >= 0.6 is 0 Å². The Bertz CT molecular complexity index is 1140. The van der Waals surface area contributed by atoms with Crippen LogP contribution in [0.5, 0.6) is 5.75 Å². The van der Waals surface area contributed by atoms with E-state index >= 15 is 0 Å². The van der Waals surface area contributed by atoms with Crippen LogP contribution in [0.3, 0.4) is 0 Å². The summed E-state index contributed by atoms with van der Waals surface area (Å²) >= 11 is 0. The number of ether oxygens (including phenoxy) is 1. The zero-order valence-corrected chi connectivity index (χ0v) is 17.7. The minimum Gasteiger partial charge on any atom is -0.492 e. The second kappa shape index (κ2) is 9.45. The van der Waals surface area contributed by atoms with Crippen LogP contribution in [0.1, 0.15) is 21.5 Å². The highest BCUT2D eigenvalue weighted by atomic mass is 32.2. The molecule has 0 radical (unpaired) electrons. The Kier molecular flexibility index (Phi) is 6.74. The standard InChI is InChI=1S/C23H24N2O4S/c1-17-6-3-9-20(14-17)25-30(27,28)22-11-5-8-19(16-22)23(26)24-12-13-29-21-10-4-7-18(2)15-21/h3-11,14-16,25H,12-13H2,1-2H3,(H,24,26). The summed E-state index contributed by atoms with van der Waals surface area (Å²) in [6.45, 7) is 4.46. The van der Waals surface area contributed by atoms with E-state index in [-0.39, 0.29) is 16.4 Å². The van der Waals surface area contributed by atoms with E-state index in [1.54, 1.807) is 30.3 Å². The van der Waals surface area contributed by atoms with Gasteiger partial charge in [-0.3, -0.25) is 9.52 Å². The molecule has 3 aromatic rings. The van der Waals surface area contributed by atoms with Crippen molar-refractivity contribution < 1.29 is 17.9 Å². The van der Waals surface area contributed by atoms with Crippen LogP contribution in [-0.4, -0.2) is 27.5 Å². The fraction of sp³-hybridized carbons (Fsp3) is 0.174. The van der Waals surface area contributed by atoms with Gasteiger partial charge in [-0.25, -0.2) is 8.42 Å². The number of rotatable bonds is 8. The Morgan fingerprint density at radius 1 is 0.900 bits per heavy atom. The second-order valence-corrected chi connectivity index (χ2v) is 8.61. The Morgan fingerprint density at radius 2 is 1.60 bits per heavy atom. The summed E-state index contributed by atoms with van der Waals surface area (Å²) in [5.41, 5.74) is 2.76. The van der Waals surface area contributed by atoms with Gasteiger partial charge in [-0.15, -0.1) is 0 Å². The normalized spacial score (nSPS) is 11.0. The largest absolute Gasteiger partial charge is 0.492 e. The van der Waals surface area contributed by atoms with E-state index in [1.165, 1.54) is 12.1 Å². The lowest BCUT2D eigenvalue weighted by Gasteiger charge is -2.11. The fourth-order valence-corrected chi connectivity index (χ4v) is 3.96. The van der Waals surface area contributed by atoms with E-state index in [0.29, 0.717) is 18.8 Å². The first-order chi connectivity index (χ1) is 14.3. The molecule has 0 saturated heterocycles. The predicted molar refractivity (Wildman–Crippen MR) is 117 cm³/mol. The first-order valence-electron chi connectivity index (χ1n) is 9.51. The summed E-state index contributed by atoms with van der Waals surface area (Å²) in [6.07, 6.45) is 0. The van der Waals surface area contributed by atoms with Gasteiger partial charge in [-0.1, -0.05) is 30.3 Å². The first-order valence-corrected chi connectivity index (χ1v) is 11.0. The third kappa shape index (κ3) is 5.84. The first kappa shape index (κ1) is 21.4. The summed E-state index contributed by atoms with van der Waals surface area (Å²) in [4.78, 5) is 12.4. The molecule has 3 rings (SSSR count). The molecule has 0 bridgehead atoms. The van der Waals surface area contributed by atoms with Crippen molar-refractivity contribution in [3.8, 4) is 5.75 Å². The molecule has 0 unspecified atom stereocenters.